The van der Waals surface area contributed by atoms with Gasteiger partial charge >= 0.3 is 0 Å². The van der Waals surface area contributed by atoms with Crippen LogP contribution in [-0.2, 0) is 0 Å². The van der Waals surface area contributed by atoms with Crippen molar-refractivity contribution in [3.8, 4) is 0 Å². The van der Waals surface area contributed by atoms with Gasteiger partial charge in [0.05, 0.1) is 6.20 Å². The number of anilines is 2. The number of nitrogens with one attached hydrogen (secondary N) is 2. The molecule has 0 aliphatic carbocycles. The first-order valence-electron chi connectivity index (χ1n) is 5.51. The monoisotopic (exact) mass is 314 g/mol. The van der Waals surface area contributed by atoms with Crippen LogP contribution in [0.2, 0.25) is 10.3 Å². The van der Waals surface area contributed by atoms with E-state index in [-0.39, 0.29) is 5.28 Å². The summed E-state index contributed by atoms with van der Waals surface area (Å²) in [4.78, 5) is 7.86. The molecule has 0 fully saturated rings. The third-order valence-corrected chi connectivity index (χ3v) is 4.53. The van der Waals surface area contributed by atoms with Crippen LogP contribution in [0.1, 0.15) is 0 Å². The molecule has 1 heterocycles. The zero-order valence-corrected chi connectivity index (χ0v) is 12.9. The molecule has 0 unspecified atom stereocenters. The van der Waals surface area contributed by atoms with Crippen LogP contribution in [0.5, 0.6) is 0 Å². The van der Waals surface area contributed by atoms with Crippen molar-refractivity contribution in [2.75, 3.05) is 18.6 Å². The highest BCUT2D eigenvalue weighted by molar-refractivity contribution is 7.71. The van der Waals surface area contributed by atoms with E-state index in [1.807, 2.05) is 37.6 Å². The minimum Gasteiger partial charge on any atom is -0.338 e. The lowest BCUT2D eigenvalue weighted by molar-refractivity contribution is 1.17. The van der Waals surface area contributed by atoms with E-state index in [9.17, 15) is 0 Å². The lowest BCUT2D eigenvalue weighted by atomic mass is 10.3. The van der Waals surface area contributed by atoms with Crippen molar-refractivity contribution < 1.29 is 0 Å². The fraction of sp³-hybridized carbons (Fsp3) is 0.167. The highest BCUT2D eigenvalue weighted by Gasteiger charge is 2.13. The zero-order chi connectivity index (χ0) is 14.0. The second-order valence-electron chi connectivity index (χ2n) is 4.43. The van der Waals surface area contributed by atoms with Gasteiger partial charge in [-0.05, 0) is 38.1 Å². The van der Waals surface area contributed by atoms with Crippen molar-refractivity contribution in [3.05, 3.63) is 40.8 Å². The van der Waals surface area contributed by atoms with Crippen molar-refractivity contribution in [3.63, 3.8) is 0 Å². The number of nitrogens with zero attached hydrogens (tertiary/aromatic N) is 2. The molecule has 0 aliphatic rings. The summed E-state index contributed by atoms with van der Waals surface area (Å²) in [6.45, 7) is 3.87. The van der Waals surface area contributed by atoms with Gasteiger partial charge in [-0.15, -0.1) is 0 Å². The number of hydrogen-bond donors (Lipinski definition) is 2. The van der Waals surface area contributed by atoms with Gasteiger partial charge in [0.15, 0.2) is 5.82 Å². The van der Waals surface area contributed by atoms with Crippen molar-refractivity contribution in [2.24, 2.45) is 0 Å². The van der Waals surface area contributed by atoms with E-state index in [2.05, 4.69) is 15.3 Å². The summed E-state index contributed by atoms with van der Waals surface area (Å²) < 4.78 is 0. The van der Waals surface area contributed by atoms with E-state index in [0.29, 0.717) is 10.8 Å². The lowest BCUT2D eigenvalue weighted by Gasteiger charge is -2.17. The van der Waals surface area contributed by atoms with Gasteiger partial charge in [0, 0.05) is 11.0 Å². The molecule has 4 nitrogen and oxygen atoms in total. The molecule has 0 atom stereocenters. The van der Waals surface area contributed by atoms with Crippen LogP contribution in [0.25, 0.3) is 0 Å². The summed E-state index contributed by atoms with van der Waals surface area (Å²) >= 11 is 11.8. The van der Waals surface area contributed by atoms with Crippen molar-refractivity contribution in [1.29, 1.82) is 5.16 Å². The lowest BCUT2D eigenvalue weighted by Crippen LogP contribution is -2.10. The van der Waals surface area contributed by atoms with Gasteiger partial charge in [0.2, 0.25) is 5.28 Å². The molecule has 2 rings (SSSR count). The largest absolute Gasteiger partial charge is 0.338 e. The molecule has 0 radical (unpaired) electrons. The van der Waals surface area contributed by atoms with Crippen LogP contribution >= 0.6 is 30.3 Å². The second-order valence-corrected chi connectivity index (χ2v) is 8.57. The number of para-hydroxylation sites is 1. The van der Waals surface area contributed by atoms with E-state index < -0.39 is 7.05 Å². The predicted molar refractivity (Wildman–Crippen MR) is 82.9 cm³/mol. The molecule has 0 spiro atoms. The molecule has 0 saturated heterocycles. The molecule has 19 heavy (non-hydrogen) atoms. The first kappa shape index (κ1) is 14.3. The molecule has 2 aromatic rings. The maximum absolute atomic E-state index is 8.25. The molecule has 1 aromatic heterocycles. The van der Waals surface area contributed by atoms with Crippen LogP contribution < -0.4 is 10.6 Å². The van der Waals surface area contributed by atoms with Gasteiger partial charge in [-0.3, -0.25) is 0 Å². The fourth-order valence-electron chi connectivity index (χ4n) is 1.63. The zero-order valence-electron chi connectivity index (χ0n) is 10.5. The number of rotatable bonds is 3. The van der Waals surface area contributed by atoms with Crippen LogP contribution in [0.3, 0.4) is 0 Å². The SMILES string of the molecule is CP(C)(=N)c1ccccc1Nc1nc(Cl)ncc1Cl. The van der Waals surface area contributed by atoms with Gasteiger partial charge in [0.25, 0.3) is 0 Å². The Morgan fingerprint density at radius 3 is 2.58 bits per heavy atom. The van der Waals surface area contributed by atoms with Crippen LogP contribution in [0.4, 0.5) is 11.5 Å². The Bertz CT molecular complexity index is 654. The van der Waals surface area contributed by atoms with E-state index in [1.54, 1.807) is 0 Å². The first-order chi connectivity index (χ1) is 8.88. The summed E-state index contributed by atoms with van der Waals surface area (Å²) in [5, 5.41) is 12.9. The van der Waals surface area contributed by atoms with Gasteiger partial charge in [-0.1, -0.05) is 29.8 Å². The number of halogens is 2. The Morgan fingerprint density at radius 1 is 1.21 bits per heavy atom. The van der Waals surface area contributed by atoms with Crippen molar-refractivity contribution in [1.82, 2.24) is 9.97 Å². The van der Waals surface area contributed by atoms with Gasteiger partial charge in [0.1, 0.15) is 5.02 Å². The normalized spacial score (nSPS) is 11.4. The quantitative estimate of drug-likeness (QED) is 0.659. The van der Waals surface area contributed by atoms with Crippen LogP contribution in [0.15, 0.2) is 30.5 Å². The molecule has 2 N–H and O–H groups in total. The number of benzene rings is 1. The standard InChI is InChI=1S/C12H13Cl2N4P/c1-19(2,15)10-6-4-3-5-9(10)17-11-8(13)7-16-12(14)18-11/h3-7,15H,1-2H3,(H,16,17,18). The fourth-order valence-corrected chi connectivity index (χ4v) is 3.09. The van der Waals surface area contributed by atoms with E-state index in [0.717, 1.165) is 11.0 Å². The van der Waals surface area contributed by atoms with Crippen molar-refractivity contribution in [2.45, 2.75) is 0 Å². The minimum absolute atomic E-state index is 0.129. The number of aromatic nitrogens is 2. The summed E-state index contributed by atoms with van der Waals surface area (Å²) in [6, 6.07) is 7.67. The topological polar surface area (TPSA) is 61.7 Å². The molecule has 0 amide bonds. The van der Waals surface area contributed by atoms with E-state index in [1.165, 1.54) is 6.20 Å². The van der Waals surface area contributed by atoms with Gasteiger partial charge in [-0.25, -0.2) is 4.98 Å². The summed E-state index contributed by atoms with van der Waals surface area (Å²) in [5.41, 5.74) is 0.826. The van der Waals surface area contributed by atoms with Crippen LogP contribution in [-0.4, -0.2) is 23.3 Å². The Labute approximate surface area is 122 Å². The van der Waals surface area contributed by atoms with E-state index in [4.69, 9.17) is 28.4 Å². The molecular formula is C12H13Cl2N4P. The van der Waals surface area contributed by atoms with Gasteiger partial charge < -0.3 is 10.5 Å². The molecule has 0 saturated carbocycles. The summed E-state index contributed by atoms with van der Waals surface area (Å²) in [7, 11) is -1.90. The highest BCUT2D eigenvalue weighted by atomic mass is 35.5. The molecular weight excluding hydrogens is 302 g/mol. The maximum Gasteiger partial charge on any atom is 0.224 e. The third kappa shape index (κ3) is 3.47. The Morgan fingerprint density at radius 2 is 1.89 bits per heavy atom. The average molecular weight is 315 g/mol. The summed E-state index contributed by atoms with van der Waals surface area (Å²) in [5.74, 6) is 0.447. The molecule has 1 aromatic carbocycles. The number of hydrogen-bond acceptors (Lipinski definition) is 4. The molecule has 0 bridgehead atoms. The van der Waals surface area contributed by atoms with Crippen LogP contribution in [0, 0.1) is 5.16 Å². The highest BCUT2D eigenvalue weighted by Crippen LogP contribution is 2.39. The molecule has 7 heteroatoms. The first-order valence-corrected chi connectivity index (χ1v) is 8.95. The average Bonchev–Trinajstić information content (AvgIpc) is 2.33. The minimum atomic E-state index is -1.90. The maximum atomic E-state index is 8.25. The summed E-state index contributed by atoms with van der Waals surface area (Å²) in [6.07, 6.45) is 1.45. The van der Waals surface area contributed by atoms with Crippen molar-refractivity contribution >= 4 is 47.1 Å². The second kappa shape index (κ2) is 5.49. The van der Waals surface area contributed by atoms with Gasteiger partial charge in [-0.2, -0.15) is 4.98 Å². The molecule has 100 valence electrons. The van der Waals surface area contributed by atoms with E-state index >= 15 is 0 Å². The molecule has 0 aliphatic heterocycles. The Hall–Kier alpha value is -1.09. The predicted octanol–water partition coefficient (Wildman–Crippen LogP) is 4.19. The smallest absolute Gasteiger partial charge is 0.224 e. The Kier molecular flexibility index (Phi) is 4.14. The third-order valence-electron chi connectivity index (χ3n) is 2.47. The Balaban J connectivity index is 2.44.